The monoisotopic (exact) mass is 451 g/mol. The second kappa shape index (κ2) is 8.58. The summed E-state index contributed by atoms with van der Waals surface area (Å²) in [5, 5.41) is 12.0. The molecule has 1 unspecified atom stereocenters. The molecular weight excluding hydrogens is 426 g/mol. The summed E-state index contributed by atoms with van der Waals surface area (Å²) < 4.78 is 1.91. The van der Waals surface area contributed by atoms with E-state index in [4.69, 9.17) is 0 Å². The summed E-state index contributed by atoms with van der Waals surface area (Å²) in [6, 6.07) is 13.1. The van der Waals surface area contributed by atoms with E-state index in [0.29, 0.717) is 6.54 Å². The lowest BCUT2D eigenvalue weighted by molar-refractivity contribution is -0.134. The fourth-order valence-corrected chi connectivity index (χ4v) is 4.69. The molecule has 0 spiro atoms. The van der Waals surface area contributed by atoms with Crippen LogP contribution in [-0.2, 0) is 28.2 Å². The molecule has 0 aliphatic carbocycles. The molecule has 1 fully saturated rings. The first-order valence-corrected chi connectivity index (χ1v) is 11.2. The van der Waals surface area contributed by atoms with Crippen molar-refractivity contribution in [3.8, 4) is 0 Å². The van der Waals surface area contributed by atoms with Crippen molar-refractivity contribution >= 4 is 29.2 Å². The third kappa shape index (κ3) is 4.03. The van der Waals surface area contributed by atoms with Gasteiger partial charge in [0.2, 0.25) is 5.91 Å². The molecule has 32 heavy (non-hydrogen) atoms. The molecule has 1 atom stereocenters. The number of nitrogens with one attached hydrogen (secondary N) is 2. The Morgan fingerprint density at radius 1 is 1.16 bits per heavy atom. The number of urea groups is 1. The molecule has 3 aromatic rings. The number of aromatic nitrogens is 2. The smallest absolute Gasteiger partial charge is 0.325 e. The molecular formula is C23H25N5O3S. The predicted octanol–water partition coefficient (Wildman–Crippen LogP) is 2.69. The number of hydrogen-bond donors (Lipinski definition) is 2. The molecule has 1 aromatic carbocycles. The Labute approximate surface area is 190 Å². The van der Waals surface area contributed by atoms with Gasteiger partial charge in [-0.2, -0.15) is 5.10 Å². The van der Waals surface area contributed by atoms with E-state index in [0.717, 1.165) is 32.3 Å². The van der Waals surface area contributed by atoms with Crippen molar-refractivity contribution in [1.82, 2.24) is 25.3 Å². The van der Waals surface area contributed by atoms with Gasteiger partial charge >= 0.3 is 6.03 Å². The van der Waals surface area contributed by atoms with Gasteiger partial charge in [-0.25, -0.2) is 4.79 Å². The van der Waals surface area contributed by atoms with Crippen LogP contribution < -0.4 is 10.6 Å². The first-order valence-electron chi connectivity index (χ1n) is 10.3. The normalized spacial score (nSPS) is 18.2. The Kier molecular flexibility index (Phi) is 5.84. The number of carbonyl (C=O) groups excluding carboxylic acids is 3. The van der Waals surface area contributed by atoms with E-state index in [9.17, 15) is 14.4 Å². The van der Waals surface area contributed by atoms with Gasteiger partial charge in [0.1, 0.15) is 6.54 Å². The molecule has 0 saturated carbocycles. The molecule has 9 heteroatoms. The lowest BCUT2D eigenvalue weighted by Gasteiger charge is -2.20. The van der Waals surface area contributed by atoms with Gasteiger partial charge < -0.3 is 10.6 Å². The standard InChI is InChI=1S/C23H25N5O3S/c1-15-18(16(2)28(26-15)13-17-8-5-4-6-9-17)12-24-20(29)14-27-21(30)23(3,25-22(27)31)19-10-7-11-32-19/h4-11H,12-14H2,1-3H3,(H,24,29)(H,25,31). The molecule has 1 aliphatic heterocycles. The van der Waals surface area contributed by atoms with Crippen molar-refractivity contribution in [2.45, 2.75) is 39.4 Å². The molecule has 0 radical (unpaired) electrons. The summed E-state index contributed by atoms with van der Waals surface area (Å²) in [7, 11) is 0. The average molecular weight is 452 g/mol. The van der Waals surface area contributed by atoms with Crippen LogP contribution in [0.25, 0.3) is 0 Å². The first kappa shape index (κ1) is 21.8. The second-order valence-corrected chi connectivity index (χ2v) is 8.94. The van der Waals surface area contributed by atoms with Crippen molar-refractivity contribution in [2.24, 2.45) is 0 Å². The molecule has 1 saturated heterocycles. The molecule has 1 aliphatic rings. The Morgan fingerprint density at radius 2 is 1.91 bits per heavy atom. The van der Waals surface area contributed by atoms with Crippen LogP contribution in [0.2, 0.25) is 0 Å². The summed E-state index contributed by atoms with van der Waals surface area (Å²) in [5.41, 5.74) is 2.72. The molecule has 166 valence electrons. The first-order chi connectivity index (χ1) is 15.3. The topological polar surface area (TPSA) is 96.3 Å². The highest BCUT2D eigenvalue weighted by Crippen LogP contribution is 2.31. The van der Waals surface area contributed by atoms with Gasteiger partial charge in [0.25, 0.3) is 5.91 Å². The lowest BCUT2D eigenvalue weighted by Crippen LogP contribution is -2.42. The third-order valence-electron chi connectivity index (χ3n) is 5.76. The van der Waals surface area contributed by atoms with Gasteiger partial charge in [0.15, 0.2) is 5.54 Å². The van der Waals surface area contributed by atoms with Crippen LogP contribution in [0, 0.1) is 13.8 Å². The number of thiophene rings is 1. The molecule has 4 amide bonds. The fourth-order valence-electron chi connectivity index (χ4n) is 3.86. The SMILES string of the molecule is Cc1nn(Cc2ccccc2)c(C)c1CNC(=O)CN1C(=O)NC(C)(c2cccs2)C1=O. The van der Waals surface area contributed by atoms with Crippen LogP contribution in [0.15, 0.2) is 47.8 Å². The number of aryl methyl sites for hydroxylation is 1. The highest BCUT2D eigenvalue weighted by Gasteiger charge is 2.50. The quantitative estimate of drug-likeness (QED) is 0.540. The van der Waals surface area contributed by atoms with Crippen LogP contribution in [0.3, 0.4) is 0 Å². The number of carbonyl (C=O) groups is 3. The summed E-state index contributed by atoms with van der Waals surface area (Å²) in [5.74, 6) is -0.832. The minimum absolute atomic E-state index is 0.275. The van der Waals surface area contributed by atoms with Crippen LogP contribution in [0.1, 0.15) is 34.3 Å². The van der Waals surface area contributed by atoms with Gasteiger partial charge in [0.05, 0.1) is 12.2 Å². The lowest BCUT2D eigenvalue weighted by atomic mass is 10.0. The fraction of sp³-hybridized carbons (Fsp3) is 0.304. The summed E-state index contributed by atoms with van der Waals surface area (Å²) in [6.45, 7) is 6.11. The van der Waals surface area contributed by atoms with Crippen LogP contribution in [-0.4, -0.2) is 39.1 Å². The zero-order chi connectivity index (χ0) is 22.9. The van der Waals surface area contributed by atoms with Gasteiger partial charge in [-0.3, -0.25) is 19.2 Å². The third-order valence-corrected chi connectivity index (χ3v) is 6.85. The van der Waals surface area contributed by atoms with Crippen molar-refractivity contribution in [3.05, 3.63) is 75.2 Å². The van der Waals surface area contributed by atoms with Crippen molar-refractivity contribution in [3.63, 3.8) is 0 Å². The maximum Gasteiger partial charge on any atom is 0.325 e. The maximum absolute atomic E-state index is 12.9. The number of rotatable bonds is 7. The van der Waals surface area contributed by atoms with Crippen molar-refractivity contribution in [1.29, 1.82) is 0 Å². The van der Waals surface area contributed by atoms with E-state index in [-0.39, 0.29) is 13.1 Å². The average Bonchev–Trinajstić information content (AvgIpc) is 3.45. The van der Waals surface area contributed by atoms with Crippen LogP contribution >= 0.6 is 11.3 Å². The van der Waals surface area contributed by atoms with Gasteiger partial charge in [-0.05, 0) is 37.8 Å². The van der Waals surface area contributed by atoms with E-state index < -0.39 is 23.4 Å². The minimum atomic E-state index is -1.14. The van der Waals surface area contributed by atoms with Crippen LogP contribution in [0.5, 0.6) is 0 Å². The summed E-state index contributed by atoms with van der Waals surface area (Å²) >= 11 is 1.39. The van der Waals surface area contributed by atoms with Crippen molar-refractivity contribution in [2.75, 3.05) is 6.54 Å². The Hall–Kier alpha value is -3.46. The molecule has 3 heterocycles. The molecule has 0 bridgehead atoms. The number of amides is 4. The van der Waals surface area contributed by atoms with Gasteiger partial charge in [-0.15, -0.1) is 11.3 Å². The zero-order valence-corrected chi connectivity index (χ0v) is 19.0. The van der Waals surface area contributed by atoms with Crippen LogP contribution in [0.4, 0.5) is 4.79 Å². The molecule has 2 N–H and O–H groups in total. The highest BCUT2D eigenvalue weighted by atomic mass is 32.1. The van der Waals surface area contributed by atoms with E-state index in [1.807, 2.05) is 60.3 Å². The molecule has 8 nitrogen and oxygen atoms in total. The summed E-state index contributed by atoms with van der Waals surface area (Å²) in [4.78, 5) is 39.6. The minimum Gasteiger partial charge on any atom is -0.350 e. The Bertz CT molecular complexity index is 1160. The zero-order valence-electron chi connectivity index (χ0n) is 18.2. The number of hydrogen-bond acceptors (Lipinski definition) is 5. The Morgan fingerprint density at radius 3 is 2.59 bits per heavy atom. The predicted molar refractivity (Wildman–Crippen MR) is 121 cm³/mol. The van der Waals surface area contributed by atoms with Gasteiger partial charge in [-0.1, -0.05) is 36.4 Å². The Balaban J connectivity index is 1.39. The molecule has 2 aromatic heterocycles. The second-order valence-electron chi connectivity index (χ2n) is 7.99. The van der Waals surface area contributed by atoms with Gasteiger partial charge in [0, 0.05) is 22.7 Å². The summed E-state index contributed by atoms with van der Waals surface area (Å²) in [6.07, 6.45) is 0. The maximum atomic E-state index is 12.9. The largest absolute Gasteiger partial charge is 0.350 e. The van der Waals surface area contributed by atoms with E-state index in [2.05, 4.69) is 15.7 Å². The molecule has 4 rings (SSSR count). The van der Waals surface area contributed by atoms with Crippen molar-refractivity contribution < 1.29 is 14.4 Å². The number of imide groups is 1. The van der Waals surface area contributed by atoms with E-state index >= 15 is 0 Å². The van der Waals surface area contributed by atoms with E-state index in [1.54, 1.807) is 13.0 Å². The number of benzene rings is 1. The number of nitrogens with zero attached hydrogens (tertiary/aromatic N) is 3. The highest BCUT2D eigenvalue weighted by molar-refractivity contribution is 7.10. The van der Waals surface area contributed by atoms with E-state index in [1.165, 1.54) is 11.3 Å².